The average molecular weight is 289 g/mol. The van der Waals surface area contributed by atoms with Crippen molar-refractivity contribution in [2.75, 3.05) is 20.3 Å². The van der Waals surface area contributed by atoms with Gasteiger partial charge in [-0.2, -0.15) is 0 Å². The van der Waals surface area contributed by atoms with E-state index in [2.05, 4.69) is 35.3 Å². The smallest absolute Gasteiger partial charge is 0.0733 e. The fourth-order valence-corrected chi connectivity index (χ4v) is 2.59. The lowest BCUT2D eigenvalue weighted by atomic mass is 10.2. The first-order valence-corrected chi connectivity index (χ1v) is 7.54. The van der Waals surface area contributed by atoms with Gasteiger partial charge >= 0.3 is 0 Å². The highest BCUT2D eigenvalue weighted by molar-refractivity contribution is 7.98. The van der Waals surface area contributed by atoms with E-state index in [1.807, 2.05) is 18.5 Å². The Bertz CT molecular complexity index is 505. The number of rotatable bonds is 8. The summed E-state index contributed by atoms with van der Waals surface area (Å²) in [6.45, 7) is 1.81. The largest absolute Gasteiger partial charge is 0.382 e. The van der Waals surface area contributed by atoms with Gasteiger partial charge in [0.1, 0.15) is 0 Å². The second kappa shape index (κ2) is 8.74. The first-order valence-electron chi connectivity index (χ1n) is 6.56. The summed E-state index contributed by atoms with van der Waals surface area (Å²) in [6.07, 6.45) is 3.74. The van der Waals surface area contributed by atoms with Crippen LogP contribution in [0.15, 0.2) is 53.7 Å². The Morgan fingerprint density at radius 2 is 1.90 bits per heavy atom. The number of thioether (sulfide) groups is 1. The predicted molar refractivity (Wildman–Crippen MR) is 81.8 cm³/mol. The Balaban J connectivity index is 1.83. The van der Waals surface area contributed by atoms with Crippen LogP contribution >= 0.6 is 11.8 Å². The number of methoxy groups -OCH3 is 1. The molecule has 0 atom stereocenters. The standard InChI is InChI=1S/C16H19NO2S/c1-18-7-8-19-12-15-9-16(11-17-10-15)20-13-14-5-3-2-4-6-14/h2-6,9-11H,7-8,12-13H2,1H3. The number of aromatic nitrogens is 1. The van der Waals surface area contributed by atoms with Crippen LogP contribution in [0.5, 0.6) is 0 Å². The van der Waals surface area contributed by atoms with Gasteiger partial charge in [-0.05, 0) is 17.2 Å². The maximum absolute atomic E-state index is 5.50. The molecule has 0 fully saturated rings. The van der Waals surface area contributed by atoms with Crippen molar-refractivity contribution in [3.8, 4) is 0 Å². The molecule has 1 heterocycles. The predicted octanol–water partition coefficient (Wildman–Crippen LogP) is 3.54. The van der Waals surface area contributed by atoms with E-state index in [9.17, 15) is 0 Å². The molecule has 1 aromatic carbocycles. The van der Waals surface area contributed by atoms with Gasteiger partial charge in [0.2, 0.25) is 0 Å². The normalized spacial score (nSPS) is 10.7. The zero-order valence-corrected chi connectivity index (χ0v) is 12.4. The van der Waals surface area contributed by atoms with Crippen molar-refractivity contribution < 1.29 is 9.47 Å². The topological polar surface area (TPSA) is 31.4 Å². The summed E-state index contributed by atoms with van der Waals surface area (Å²) < 4.78 is 10.4. The van der Waals surface area contributed by atoms with Crippen LogP contribution in [0.3, 0.4) is 0 Å². The molecule has 0 aliphatic heterocycles. The third-order valence-corrected chi connectivity index (χ3v) is 3.75. The summed E-state index contributed by atoms with van der Waals surface area (Å²) >= 11 is 1.79. The van der Waals surface area contributed by atoms with Gasteiger partial charge in [0, 0.05) is 30.2 Å². The minimum Gasteiger partial charge on any atom is -0.382 e. The van der Waals surface area contributed by atoms with Gasteiger partial charge in [-0.25, -0.2) is 0 Å². The molecule has 0 aliphatic rings. The first-order chi connectivity index (χ1) is 9.88. The molecule has 20 heavy (non-hydrogen) atoms. The highest BCUT2D eigenvalue weighted by Gasteiger charge is 2.00. The van der Waals surface area contributed by atoms with Crippen LogP contribution in [0.2, 0.25) is 0 Å². The van der Waals surface area contributed by atoms with Crippen molar-refractivity contribution >= 4 is 11.8 Å². The van der Waals surface area contributed by atoms with Crippen molar-refractivity contribution in [1.29, 1.82) is 0 Å². The van der Waals surface area contributed by atoms with Crippen LogP contribution in [-0.4, -0.2) is 25.3 Å². The van der Waals surface area contributed by atoms with Crippen LogP contribution in [0.25, 0.3) is 0 Å². The fraction of sp³-hybridized carbons (Fsp3) is 0.312. The van der Waals surface area contributed by atoms with E-state index < -0.39 is 0 Å². The molecular weight excluding hydrogens is 270 g/mol. The Hall–Kier alpha value is -1.36. The lowest BCUT2D eigenvalue weighted by molar-refractivity contribution is 0.0615. The van der Waals surface area contributed by atoms with E-state index in [-0.39, 0.29) is 0 Å². The van der Waals surface area contributed by atoms with Crippen LogP contribution in [0.1, 0.15) is 11.1 Å². The van der Waals surface area contributed by atoms with Gasteiger partial charge in [-0.15, -0.1) is 11.8 Å². The van der Waals surface area contributed by atoms with Gasteiger partial charge in [0.25, 0.3) is 0 Å². The number of hydrogen-bond donors (Lipinski definition) is 0. The van der Waals surface area contributed by atoms with Crippen molar-refractivity contribution in [2.24, 2.45) is 0 Å². The van der Waals surface area contributed by atoms with Crippen molar-refractivity contribution in [2.45, 2.75) is 17.3 Å². The monoisotopic (exact) mass is 289 g/mol. The van der Waals surface area contributed by atoms with E-state index in [0.29, 0.717) is 19.8 Å². The van der Waals surface area contributed by atoms with E-state index >= 15 is 0 Å². The summed E-state index contributed by atoms with van der Waals surface area (Å²) in [5.41, 5.74) is 2.42. The van der Waals surface area contributed by atoms with E-state index in [1.165, 1.54) is 10.5 Å². The highest BCUT2D eigenvalue weighted by Crippen LogP contribution is 2.22. The van der Waals surface area contributed by atoms with Crippen LogP contribution in [0.4, 0.5) is 0 Å². The Kier molecular flexibility index (Phi) is 6.57. The Morgan fingerprint density at radius 3 is 2.70 bits per heavy atom. The molecule has 0 spiro atoms. The summed E-state index contributed by atoms with van der Waals surface area (Å²) in [4.78, 5) is 5.43. The molecule has 1 aromatic heterocycles. The van der Waals surface area contributed by atoms with E-state index in [1.54, 1.807) is 18.9 Å². The Labute approximate surface area is 124 Å². The molecule has 0 unspecified atom stereocenters. The minimum atomic E-state index is 0.579. The zero-order valence-electron chi connectivity index (χ0n) is 11.6. The van der Waals surface area contributed by atoms with Gasteiger partial charge in [0.05, 0.1) is 19.8 Å². The quantitative estimate of drug-likeness (QED) is 0.549. The number of hydrogen-bond acceptors (Lipinski definition) is 4. The summed E-state index contributed by atoms with van der Waals surface area (Å²) in [7, 11) is 1.67. The zero-order chi connectivity index (χ0) is 14.0. The molecule has 0 saturated heterocycles. The third kappa shape index (κ3) is 5.33. The molecule has 4 heteroatoms. The second-order valence-electron chi connectivity index (χ2n) is 4.35. The number of pyridine rings is 1. The highest BCUT2D eigenvalue weighted by atomic mass is 32.2. The maximum atomic E-state index is 5.50. The number of nitrogens with zero attached hydrogens (tertiary/aromatic N) is 1. The molecule has 106 valence electrons. The van der Waals surface area contributed by atoms with Gasteiger partial charge in [0.15, 0.2) is 0 Å². The molecule has 3 nitrogen and oxygen atoms in total. The maximum Gasteiger partial charge on any atom is 0.0733 e. The first kappa shape index (κ1) is 15.0. The van der Waals surface area contributed by atoms with Crippen LogP contribution < -0.4 is 0 Å². The van der Waals surface area contributed by atoms with Gasteiger partial charge < -0.3 is 9.47 Å². The minimum absolute atomic E-state index is 0.579. The molecule has 2 rings (SSSR count). The SMILES string of the molecule is COCCOCc1cncc(SCc2ccccc2)c1. The molecular formula is C16H19NO2S. The number of benzene rings is 1. The van der Waals surface area contributed by atoms with E-state index in [4.69, 9.17) is 9.47 Å². The molecule has 0 N–H and O–H groups in total. The van der Waals surface area contributed by atoms with Crippen molar-refractivity contribution in [3.63, 3.8) is 0 Å². The molecule has 0 aliphatic carbocycles. The lowest BCUT2D eigenvalue weighted by Crippen LogP contribution is -2.02. The van der Waals surface area contributed by atoms with Crippen LogP contribution in [-0.2, 0) is 21.8 Å². The molecule has 2 aromatic rings. The van der Waals surface area contributed by atoms with Gasteiger partial charge in [-0.3, -0.25) is 4.98 Å². The lowest BCUT2D eigenvalue weighted by Gasteiger charge is -2.06. The summed E-state index contributed by atoms with van der Waals surface area (Å²) in [6, 6.07) is 12.6. The van der Waals surface area contributed by atoms with Crippen molar-refractivity contribution in [3.05, 3.63) is 59.9 Å². The molecule has 0 bridgehead atoms. The Morgan fingerprint density at radius 1 is 1.05 bits per heavy atom. The van der Waals surface area contributed by atoms with Gasteiger partial charge in [-0.1, -0.05) is 30.3 Å². The summed E-state index contributed by atoms with van der Waals surface area (Å²) in [5.74, 6) is 0.955. The van der Waals surface area contributed by atoms with E-state index in [0.717, 1.165) is 11.3 Å². The fourth-order valence-electron chi connectivity index (χ4n) is 1.69. The molecule has 0 radical (unpaired) electrons. The molecule has 0 saturated carbocycles. The average Bonchev–Trinajstić information content (AvgIpc) is 2.51. The third-order valence-electron chi connectivity index (χ3n) is 2.72. The summed E-state index contributed by atoms with van der Waals surface area (Å²) in [5, 5.41) is 0. The number of ether oxygens (including phenoxy) is 2. The molecule has 0 amide bonds. The van der Waals surface area contributed by atoms with Crippen molar-refractivity contribution in [1.82, 2.24) is 4.98 Å². The second-order valence-corrected chi connectivity index (χ2v) is 5.40. The van der Waals surface area contributed by atoms with Crippen LogP contribution in [0, 0.1) is 0 Å².